The van der Waals surface area contributed by atoms with Gasteiger partial charge in [0.2, 0.25) is 0 Å². The SMILES string of the molecule is CCOc1c2c(c(OC(F)F)c3ccccc13)C(=O)N(c1ccc(CC(=O)O)cc1F)C2=O. The summed E-state index contributed by atoms with van der Waals surface area (Å²) in [5, 5.41) is 9.28. The minimum atomic E-state index is -3.29. The highest BCUT2D eigenvalue weighted by atomic mass is 19.3. The Kier molecular flexibility index (Phi) is 5.67. The van der Waals surface area contributed by atoms with Crippen LogP contribution in [0.5, 0.6) is 11.5 Å². The molecule has 0 aromatic heterocycles. The van der Waals surface area contributed by atoms with Crippen LogP contribution >= 0.6 is 0 Å². The quantitative estimate of drug-likeness (QED) is 0.527. The number of carboxylic acid groups (broad SMARTS) is 1. The molecule has 0 bridgehead atoms. The first kappa shape index (κ1) is 22.1. The molecule has 1 aliphatic heterocycles. The number of carbonyl (C=O) groups is 3. The number of halogens is 3. The molecule has 33 heavy (non-hydrogen) atoms. The van der Waals surface area contributed by atoms with Gasteiger partial charge in [0, 0.05) is 10.8 Å². The molecule has 0 atom stereocenters. The molecular formula is C23H16F3NO6. The van der Waals surface area contributed by atoms with E-state index >= 15 is 0 Å². The molecule has 0 fully saturated rings. The van der Waals surface area contributed by atoms with E-state index in [1.807, 2.05) is 0 Å². The van der Waals surface area contributed by atoms with Gasteiger partial charge in [-0.25, -0.2) is 9.29 Å². The molecule has 0 unspecified atom stereocenters. The maximum Gasteiger partial charge on any atom is 0.387 e. The summed E-state index contributed by atoms with van der Waals surface area (Å²) in [7, 11) is 0. The number of rotatable bonds is 7. The van der Waals surface area contributed by atoms with Gasteiger partial charge in [0.1, 0.15) is 17.3 Å². The summed E-state index contributed by atoms with van der Waals surface area (Å²) in [5.74, 6) is -4.78. The number of imide groups is 1. The number of ether oxygens (including phenoxy) is 2. The van der Waals surface area contributed by atoms with Crippen molar-refractivity contribution in [2.24, 2.45) is 0 Å². The number of anilines is 1. The highest BCUT2D eigenvalue weighted by molar-refractivity contribution is 6.38. The second-order valence-corrected chi connectivity index (χ2v) is 7.07. The fourth-order valence-electron chi connectivity index (χ4n) is 3.84. The van der Waals surface area contributed by atoms with Crippen molar-refractivity contribution >= 4 is 34.2 Å². The van der Waals surface area contributed by atoms with Gasteiger partial charge < -0.3 is 14.6 Å². The summed E-state index contributed by atoms with van der Waals surface area (Å²) < 4.78 is 51.6. The smallest absolute Gasteiger partial charge is 0.387 e. The maximum absolute atomic E-state index is 14.8. The molecular weight excluding hydrogens is 443 g/mol. The van der Waals surface area contributed by atoms with E-state index in [2.05, 4.69) is 4.74 Å². The van der Waals surface area contributed by atoms with Crippen molar-refractivity contribution < 1.29 is 42.1 Å². The van der Waals surface area contributed by atoms with Gasteiger partial charge in [0.25, 0.3) is 11.8 Å². The zero-order valence-electron chi connectivity index (χ0n) is 17.1. The molecule has 10 heteroatoms. The first-order valence-corrected chi connectivity index (χ1v) is 9.79. The van der Waals surface area contributed by atoms with Gasteiger partial charge in [-0.05, 0) is 24.6 Å². The van der Waals surface area contributed by atoms with Crippen LogP contribution in [-0.4, -0.2) is 36.1 Å². The Morgan fingerprint density at radius 2 is 1.64 bits per heavy atom. The van der Waals surface area contributed by atoms with Crippen molar-refractivity contribution in [3.05, 3.63) is 65.0 Å². The van der Waals surface area contributed by atoms with E-state index in [4.69, 9.17) is 9.84 Å². The number of fused-ring (bicyclic) bond motifs is 2. The molecule has 0 spiro atoms. The fraction of sp³-hybridized carbons (Fsp3) is 0.174. The number of alkyl halides is 2. The molecule has 1 N–H and O–H groups in total. The standard InChI is InChI=1S/C23H16F3NO6/c1-2-32-19-12-5-3-4-6-13(12)20(33-23(25)26)18-17(19)21(30)27(22(18)31)15-8-7-11(9-14(15)24)10-16(28)29/h3-9,23H,2,10H2,1H3,(H,28,29). The second-order valence-electron chi connectivity index (χ2n) is 7.07. The zero-order chi connectivity index (χ0) is 23.9. The average Bonchev–Trinajstić information content (AvgIpc) is 3.00. The number of hydrogen-bond acceptors (Lipinski definition) is 5. The summed E-state index contributed by atoms with van der Waals surface area (Å²) in [6, 6.07) is 9.35. The third kappa shape index (κ3) is 3.73. The number of amides is 2. The predicted molar refractivity (Wildman–Crippen MR) is 111 cm³/mol. The van der Waals surface area contributed by atoms with Crippen LogP contribution in [0.4, 0.5) is 18.9 Å². The van der Waals surface area contributed by atoms with Crippen molar-refractivity contribution in [1.82, 2.24) is 0 Å². The monoisotopic (exact) mass is 459 g/mol. The normalized spacial score (nSPS) is 13.1. The Morgan fingerprint density at radius 3 is 2.18 bits per heavy atom. The summed E-state index contributed by atoms with van der Waals surface area (Å²) in [6.45, 7) is -1.55. The summed E-state index contributed by atoms with van der Waals surface area (Å²) in [4.78, 5) is 38.0. The first-order chi connectivity index (χ1) is 15.7. The molecule has 0 radical (unpaired) electrons. The Balaban J connectivity index is 1.95. The molecule has 3 aromatic rings. The van der Waals surface area contributed by atoms with E-state index in [-0.39, 0.29) is 34.3 Å². The van der Waals surface area contributed by atoms with Crippen LogP contribution in [0, 0.1) is 5.82 Å². The third-order valence-electron chi connectivity index (χ3n) is 5.06. The first-order valence-electron chi connectivity index (χ1n) is 9.79. The Labute approximate surface area is 184 Å². The number of carbonyl (C=O) groups excluding carboxylic acids is 2. The van der Waals surface area contributed by atoms with Crippen LogP contribution in [0.2, 0.25) is 0 Å². The van der Waals surface area contributed by atoms with E-state index in [9.17, 15) is 27.6 Å². The van der Waals surface area contributed by atoms with Crippen molar-refractivity contribution in [1.29, 1.82) is 0 Å². The van der Waals surface area contributed by atoms with E-state index in [1.54, 1.807) is 19.1 Å². The molecule has 1 heterocycles. The maximum atomic E-state index is 14.8. The van der Waals surface area contributed by atoms with E-state index < -0.39 is 53.6 Å². The molecule has 1 aliphatic rings. The Bertz CT molecular complexity index is 1310. The minimum absolute atomic E-state index is 0.00604. The third-order valence-corrected chi connectivity index (χ3v) is 5.06. The van der Waals surface area contributed by atoms with Gasteiger partial charge >= 0.3 is 12.6 Å². The van der Waals surface area contributed by atoms with Gasteiger partial charge in [-0.3, -0.25) is 14.4 Å². The molecule has 4 rings (SSSR count). The highest BCUT2D eigenvalue weighted by Gasteiger charge is 2.44. The van der Waals surface area contributed by atoms with Crippen LogP contribution in [0.1, 0.15) is 33.2 Å². The number of hydrogen-bond donors (Lipinski definition) is 1. The van der Waals surface area contributed by atoms with Crippen molar-refractivity contribution in [3.63, 3.8) is 0 Å². The average molecular weight is 459 g/mol. The van der Waals surface area contributed by atoms with Crippen LogP contribution < -0.4 is 14.4 Å². The van der Waals surface area contributed by atoms with Crippen molar-refractivity contribution in [2.75, 3.05) is 11.5 Å². The van der Waals surface area contributed by atoms with Crippen molar-refractivity contribution in [2.45, 2.75) is 20.0 Å². The largest absolute Gasteiger partial charge is 0.492 e. The fourth-order valence-corrected chi connectivity index (χ4v) is 3.84. The van der Waals surface area contributed by atoms with Crippen LogP contribution in [0.15, 0.2) is 42.5 Å². The molecule has 2 amide bonds. The van der Waals surface area contributed by atoms with Gasteiger partial charge in [0.05, 0.1) is 29.8 Å². The minimum Gasteiger partial charge on any atom is -0.492 e. The lowest BCUT2D eigenvalue weighted by atomic mass is 9.99. The van der Waals surface area contributed by atoms with E-state index in [0.29, 0.717) is 4.90 Å². The second kappa shape index (κ2) is 8.45. The van der Waals surface area contributed by atoms with Crippen molar-refractivity contribution in [3.8, 4) is 11.5 Å². The Morgan fingerprint density at radius 1 is 1.03 bits per heavy atom. The van der Waals surface area contributed by atoms with Gasteiger partial charge in [-0.15, -0.1) is 0 Å². The zero-order valence-corrected chi connectivity index (χ0v) is 17.1. The summed E-state index contributed by atoms with van der Waals surface area (Å²) in [6.07, 6.45) is -0.467. The molecule has 0 saturated heterocycles. The van der Waals surface area contributed by atoms with Gasteiger partial charge in [-0.2, -0.15) is 8.78 Å². The molecule has 7 nitrogen and oxygen atoms in total. The van der Waals surface area contributed by atoms with Crippen LogP contribution in [0.25, 0.3) is 10.8 Å². The number of aliphatic carboxylic acids is 1. The molecule has 170 valence electrons. The lowest BCUT2D eigenvalue weighted by Gasteiger charge is -2.16. The summed E-state index contributed by atoms with van der Waals surface area (Å²) in [5.41, 5.74) is -1.12. The van der Waals surface area contributed by atoms with Gasteiger partial charge in [-0.1, -0.05) is 30.3 Å². The van der Waals surface area contributed by atoms with E-state index in [0.717, 1.165) is 12.1 Å². The molecule has 3 aromatic carbocycles. The predicted octanol–water partition coefficient (Wildman–Crippen LogP) is 4.41. The van der Waals surface area contributed by atoms with Crippen LogP contribution in [0.3, 0.4) is 0 Å². The lowest BCUT2D eigenvalue weighted by molar-refractivity contribution is -0.136. The van der Waals surface area contributed by atoms with Gasteiger partial charge in [0.15, 0.2) is 0 Å². The van der Waals surface area contributed by atoms with Crippen LogP contribution in [-0.2, 0) is 11.2 Å². The van der Waals surface area contributed by atoms with E-state index in [1.165, 1.54) is 18.2 Å². The topological polar surface area (TPSA) is 93.1 Å². The summed E-state index contributed by atoms with van der Waals surface area (Å²) >= 11 is 0. The number of nitrogens with zero attached hydrogens (tertiary/aromatic N) is 1. The molecule has 0 aliphatic carbocycles. The molecule has 0 saturated carbocycles. The highest BCUT2D eigenvalue weighted by Crippen LogP contribution is 2.46. The Hall–Kier alpha value is -4.08. The lowest BCUT2D eigenvalue weighted by Crippen LogP contribution is -2.30. The number of benzene rings is 3. The number of carboxylic acids is 1.